The van der Waals surface area contributed by atoms with Crippen LogP contribution in [0.1, 0.15) is 40.6 Å². The molecule has 1 aromatic carbocycles. The van der Waals surface area contributed by atoms with Crippen molar-refractivity contribution < 1.29 is 9.59 Å². The van der Waals surface area contributed by atoms with E-state index in [0.717, 1.165) is 12.8 Å². The van der Waals surface area contributed by atoms with Crippen molar-refractivity contribution in [1.82, 2.24) is 20.1 Å². The molecule has 7 nitrogen and oxygen atoms in total. The summed E-state index contributed by atoms with van der Waals surface area (Å²) in [5.74, 6) is -0.562. The maximum absolute atomic E-state index is 13.5. The fourth-order valence-corrected chi connectivity index (χ4v) is 4.22. The lowest BCUT2D eigenvalue weighted by Crippen LogP contribution is -2.32. The number of anilines is 1. The summed E-state index contributed by atoms with van der Waals surface area (Å²) in [5, 5.41) is 7.89. The number of nitrogens with zero attached hydrogens (tertiary/aromatic N) is 4. The van der Waals surface area contributed by atoms with Gasteiger partial charge in [0.25, 0.3) is 11.8 Å². The van der Waals surface area contributed by atoms with Crippen molar-refractivity contribution in [2.75, 3.05) is 18.5 Å². The van der Waals surface area contributed by atoms with E-state index < -0.39 is 5.91 Å². The number of rotatable bonds is 7. The van der Waals surface area contributed by atoms with E-state index in [1.807, 2.05) is 6.92 Å². The van der Waals surface area contributed by atoms with E-state index in [2.05, 4.69) is 31.3 Å². The highest BCUT2D eigenvalue weighted by Crippen LogP contribution is 2.34. The first-order valence-corrected chi connectivity index (χ1v) is 11.6. The molecule has 32 heavy (non-hydrogen) atoms. The van der Waals surface area contributed by atoms with E-state index in [4.69, 9.17) is 34.8 Å². The van der Waals surface area contributed by atoms with Crippen LogP contribution in [0.4, 0.5) is 5.69 Å². The van der Waals surface area contributed by atoms with Crippen LogP contribution in [0.5, 0.6) is 0 Å². The van der Waals surface area contributed by atoms with Crippen molar-refractivity contribution in [2.45, 2.75) is 19.8 Å². The van der Waals surface area contributed by atoms with Crippen molar-refractivity contribution in [1.29, 1.82) is 0 Å². The summed E-state index contributed by atoms with van der Waals surface area (Å²) in [4.78, 5) is 31.8. The summed E-state index contributed by atoms with van der Waals surface area (Å²) < 4.78 is 1.74. The lowest BCUT2D eigenvalue weighted by Gasteiger charge is -2.22. The number of halogens is 4. The maximum Gasteiger partial charge on any atom is 0.276 e. The standard InChI is InChI=1S/C21H19BrCl3N5O2/c1-3-4-7-27-20(31)13-9-12(23)10-15(25)18(13)29(2)21(32)16-11-17(22)28-30(16)19-14(24)6-5-8-26-19/h5-6,8-11H,3-4,7H2,1-2H3,(H,27,31). The van der Waals surface area contributed by atoms with Gasteiger partial charge in [-0.1, -0.05) is 48.1 Å². The highest BCUT2D eigenvalue weighted by atomic mass is 79.9. The Bertz CT molecular complexity index is 1170. The quantitative estimate of drug-likeness (QED) is 0.371. The van der Waals surface area contributed by atoms with Crippen molar-refractivity contribution in [3.8, 4) is 5.82 Å². The van der Waals surface area contributed by atoms with Gasteiger partial charge in [0, 0.05) is 30.9 Å². The minimum atomic E-state index is -0.475. The van der Waals surface area contributed by atoms with Gasteiger partial charge in [-0.2, -0.15) is 5.10 Å². The van der Waals surface area contributed by atoms with Crippen molar-refractivity contribution in [3.63, 3.8) is 0 Å². The molecule has 0 atom stereocenters. The Hall–Kier alpha value is -2.13. The zero-order chi connectivity index (χ0) is 23.4. The summed E-state index contributed by atoms with van der Waals surface area (Å²) in [6.07, 6.45) is 3.29. The smallest absolute Gasteiger partial charge is 0.276 e. The van der Waals surface area contributed by atoms with Gasteiger partial charge in [-0.15, -0.1) is 0 Å². The lowest BCUT2D eigenvalue weighted by atomic mass is 10.1. The second kappa shape index (κ2) is 10.7. The van der Waals surface area contributed by atoms with Crippen molar-refractivity contribution in [2.24, 2.45) is 0 Å². The molecule has 0 unspecified atom stereocenters. The third-order valence-corrected chi connectivity index (χ3v) is 5.76. The van der Waals surface area contributed by atoms with Crippen LogP contribution in [0.25, 0.3) is 5.82 Å². The number of carbonyl (C=O) groups excluding carboxylic acids is 2. The number of carbonyl (C=O) groups is 2. The van der Waals surface area contributed by atoms with Gasteiger partial charge < -0.3 is 10.2 Å². The van der Waals surface area contributed by atoms with E-state index >= 15 is 0 Å². The molecule has 0 aliphatic carbocycles. The molecule has 168 valence electrons. The molecular formula is C21H19BrCl3N5O2. The van der Waals surface area contributed by atoms with Crippen molar-refractivity contribution >= 4 is 68.2 Å². The molecule has 3 aromatic rings. The van der Waals surface area contributed by atoms with Crippen LogP contribution in [-0.4, -0.2) is 40.2 Å². The molecule has 3 rings (SSSR count). The molecule has 0 aliphatic heterocycles. The van der Waals surface area contributed by atoms with Crippen LogP contribution in [-0.2, 0) is 0 Å². The Morgan fingerprint density at radius 1 is 1.19 bits per heavy atom. The minimum absolute atomic E-state index is 0.162. The van der Waals surface area contributed by atoms with E-state index in [1.165, 1.54) is 34.8 Å². The molecule has 0 aliphatic rings. The van der Waals surface area contributed by atoms with Gasteiger partial charge in [0.2, 0.25) is 0 Å². The van der Waals surface area contributed by atoms with Gasteiger partial charge in [-0.25, -0.2) is 9.67 Å². The fourth-order valence-electron chi connectivity index (χ4n) is 3.03. The second-order valence-corrected chi connectivity index (χ2v) is 8.89. The molecule has 2 aromatic heterocycles. The summed E-state index contributed by atoms with van der Waals surface area (Å²) in [6, 6.07) is 7.82. The Balaban J connectivity index is 2.04. The Morgan fingerprint density at radius 2 is 1.94 bits per heavy atom. The summed E-state index contributed by atoms with van der Waals surface area (Å²) in [5.41, 5.74) is 0.588. The number of nitrogens with one attached hydrogen (secondary N) is 1. The first-order chi connectivity index (χ1) is 15.2. The molecule has 0 spiro atoms. The average Bonchev–Trinajstić information content (AvgIpc) is 3.14. The second-order valence-electron chi connectivity index (χ2n) is 6.83. The first-order valence-electron chi connectivity index (χ1n) is 9.66. The molecule has 0 saturated carbocycles. The van der Waals surface area contributed by atoms with E-state index in [1.54, 1.807) is 18.3 Å². The van der Waals surface area contributed by atoms with E-state index in [-0.39, 0.29) is 38.7 Å². The number of hydrogen-bond donors (Lipinski definition) is 1. The summed E-state index contributed by atoms with van der Waals surface area (Å²) in [7, 11) is 1.52. The van der Waals surface area contributed by atoms with Gasteiger partial charge in [-0.05, 0) is 46.6 Å². The molecule has 0 bridgehead atoms. The fraction of sp³-hybridized carbons (Fsp3) is 0.238. The van der Waals surface area contributed by atoms with E-state index in [0.29, 0.717) is 16.2 Å². The number of unbranched alkanes of at least 4 members (excludes halogenated alkanes) is 1. The van der Waals surface area contributed by atoms with Gasteiger partial charge in [-0.3, -0.25) is 9.59 Å². The number of benzene rings is 1. The molecule has 11 heteroatoms. The zero-order valence-electron chi connectivity index (χ0n) is 17.2. The SMILES string of the molecule is CCCCNC(=O)c1cc(Cl)cc(Cl)c1N(C)C(=O)c1cc(Br)nn1-c1ncccc1Cl. The molecule has 0 fully saturated rings. The topological polar surface area (TPSA) is 80.1 Å². The maximum atomic E-state index is 13.5. The highest BCUT2D eigenvalue weighted by Gasteiger charge is 2.27. The third kappa shape index (κ3) is 5.26. The normalized spacial score (nSPS) is 10.8. The number of hydrogen-bond acceptors (Lipinski definition) is 4. The number of aromatic nitrogens is 3. The van der Waals surface area contributed by atoms with Gasteiger partial charge >= 0.3 is 0 Å². The van der Waals surface area contributed by atoms with Crippen LogP contribution in [0.2, 0.25) is 15.1 Å². The largest absolute Gasteiger partial charge is 0.352 e. The van der Waals surface area contributed by atoms with Crippen LogP contribution >= 0.6 is 50.7 Å². The predicted molar refractivity (Wildman–Crippen MR) is 131 cm³/mol. The van der Waals surface area contributed by atoms with Crippen LogP contribution < -0.4 is 10.2 Å². The van der Waals surface area contributed by atoms with E-state index in [9.17, 15) is 9.59 Å². The number of pyridine rings is 1. The molecular weight excluding hydrogens is 541 g/mol. The third-order valence-electron chi connectivity index (χ3n) is 4.57. The Morgan fingerprint density at radius 3 is 2.62 bits per heavy atom. The van der Waals surface area contributed by atoms with Gasteiger partial charge in [0.1, 0.15) is 10.3 Å². The summed E-state index contributed by atoms with van der Waals surface area (Å²) in [6.45, 7) is 2.52. The molecule has 2 heterocycles. The molecule has 1 N–H and O–H groups in total. The molecule has 0 radical (unpaired) electrons. The lowest BCUT2D eigenvalue weighted by molar-refractivity contribution is 0.0953. The highest BCUT2D eigenvalue weighted by molar-refractivity contribution is 9.10. The zero-order valence-corrected chi connectivity index (χ0v) is 21.1. The molecule has 0 saturated heterocycles. The molecule has 2 amide bonds. The Kier molecular flexibility index (Phi) is 8.16. The van der Waals surface area contributed by atoms with Gasteiger partial charge in [0.05, 0.1) is 21.3 Å². The summed E-state index contributed by atoms with van der Waals surface area (Å²) >= 11 is 22.1. The van der Waals surface area contributed by atoms with Crippen LogP contribution in [0.3, 0.4) is 0 Å². The van der Waals surface area contributed by atoms with Gasteiger partial charge in [0.15, 0.2) is 5.82 Å². The number of amides is 2. The van der Waals surface area contributed by atoms with Crippen LogP contribution in [0.15, 0.2) is 41.1 Å². The first kappa shape index (κ1) is 24.5. The average molecular weight is 560 g/mol. The minimum Gasteiger partial charge on any atom is -0.352 e. The van der Waals surface area contributed by atoms with Crippen molar-refractivity contribution in [3.05, 3.63) is 67.5 Å². The predicted octanol–water partition coefficient (Wildman–Crippen LogP) is 5.80. The monoisotopic (exact) mass is 557 g/mol. The Labute approximate surface area is 208 Å². The van der Waals surface area contributed by atoms with Crippen LogP contribution in [0, 0.1) is 0 Å².